The summed E-state index contributed by atoms with van der Waals surface area (Å²) in [6.45, 7) is 3.60. The van der Waals surface area contributed by atoms with E-state index in [0.29, 0.717) is 0 Å². The first-order chi connectivity index (χ1) is 8.08. The number of aryl methyl sites for hydroxylation is 1. The molecule has 17 heavy (non-hydrogen) atoms. The van der Waals surface area contributed by atoms with Crippen LogP contribution in [0.15, 0.2) is 18.2 Å². The Morgan fingerprint density at radius 3 is 2.59 bits per heavy atom. The molecule has 0 bridgehead atoms. The van der Waals surface area contributed by atoms with Gasteiger partial charge in [0, 0.05) is 38.6 Å². The quantitative estimate of drug-likeness (QED) is 0.825. The van der Waals surface area contributed by atoms with Crippen LogP contribution in [0.1, 0.15) is 5.56 Å². The van der Waals surface area contributed by atoms with Gasteiger partial charge >= 0.3 is 0 Å². The Hall–Kier alpha value is -1.55. The van der Waals surface area contributed by atoms with Crippen molar-refractivity contribution in [2.75, 3.05) is 37.4 Å². The average molecular weight is 233 g/mol. The van der Waals surface area contributed by atoms with E-state index in [1.54, 1.807) is 0 Å². The van der Waals surface area contributed by atoms with Gasteiger partial charge in [-0.05, 0) is 30.7 Å². The normalized spacial score (nSPS) is 15.2. The molecule has 4 heteroatoms. The van der Waals surface area contributed by atoms with Crippen LogP contribution >= 0.6 is 0 Å². The highest BCUT2D eigenvalue weighted by atomic mass is 16.2. The van der Waals surface area contributed by atoms with Crippen molar-refractivity contribution in [3.05, 3.63) is 23.8 Å². The second kappa shape index (κ2) is 4.75. The molecule has 1 heterocycles. The molecule has 0 aliphatic carbocycles. The first kappa shape index (κ1) is 11.9. The number of hydrogen-bond donors (Lipinski definition) is 2. The smallest absolute Gasteiger partial charge is 0.230 e. The largest absolute Gasteiger partial charge is 0.378 e. The summed E-state index contributed by atoms with van der Waals surface area (Å²) >= 11 is 0. The first-order valence-electron chi connectivity index (χ1n) is 5.87. The summed E-state index contributed by atoms with van der Waals surface area (Å²) in [5, 5.41) is 6.08. The minimum atomic E-state index is 0.115. The fourth-order valence-electron chi connectivity index (χ4n) is 1.78. The Bertz CT molecular complexity index is 425. The third kappa shape index (κ3) is 2.58. The van der Waals surface area contributed by atoms with E-state index in [1.807, 2.05) is 33.2 Å². The van der Waals surface area contributed by atoms with E-state index in [-0.39, 0.29) is 11.8 Å². The maximum atomic E-state index is 11.8. The van der Waals surface area contributed by atoms with Crippen LogP contribution in [0.3, 0.4) is 0 Å². The lowest BCUT2D eigenvalue weighted by Crippen LogP contribution is -2.48. The molecule has 1 fully saturated rings. The maximum absolute atomic E-state index is 11.8. The second-order valence-electron chi connectivity index (χ2n) is 4.74. The summed E-state index contributed by atoms with van der Waals surface area (Å²) in [5.41, 5.74) is 3.15. The van der Waals surface area contributed by atoms with E-state index < -0.39 is 0 Å². The van der Waals surface area contributed by atoms with Crippen LogP contribution < -0.4 is 15.5 Å². The molecule has 0 unspecified atom stereocenters. The molecule has 1 saturated heterocycles. The Kier molecular flexibility index (Phi) is 3.33. The zero-order valence-corrected chi connectivity index (χ0v) is 10.6. The molecule has 0 saturated carbocycles. The fraction of sp³-hybridized carbons (Fsp3) is 0.462. The van der Waals surface area contributed by atoms with E-state index in [1.165, 1.54) is 0 Å². The van der Waals surface area contributed by atoms with E-state index in [0.717, 1.165) is 30.0 Å². The van der Waals surface area contributed by atoms with Gasteiger partial charge in [0.05, 0.1) is 5.92 Å². The van der Waals surface area contributed by atoms with Crippen LogP contribution in [-0.2, 0) is 4.79 Å². The number of hydrogen-bond acceptors (Lipinski definition) is 3. The van der Waals surface area contributed by atoms with Crippen LogP contribution in [0.5, 0.6) is 0 Å². The molecule has 92 valence electrons. The van der Waals surface area contributed by atoms with E-state index in [9.17, 15) is 4.79 Å². The van der Waals surface area contributed by atoms with Crippen molar-refractivity contribution in [2.45, 2.75) is 6.92 Å². The number of nitrogens with zero attached hydrogens (tertiary/aromatic N) is 1. The average Bonchev–Trinajstić information content (AvgIpc) is 2.18. The van der Waals surface area contributed by atoms with Gasteiger partial charge in [0.15, 0.2) is 0 Å². The standard InChI is InChI=1S/C13H19N3O/c1-9-6-11(16(2)3)4-5-12(9)15-13(17)10-7-14-8-10/h4-6,10,14H,7-8H2,1-3H3,(H,15,17). The molecular weight excluding hydrogens is 214 g/mol. The zero-order chi connectivity index (χ0) is 12.4. The van der Waals surface area contributed by atoms with Gasteiger partial charge in [-0.25, -0.2) is 0 Å². The third-order valence-electron chi connectivity index (χ3n) is 3.14. The summed E-state index contributed by atoms with van der Waals surface area (Å²) in [7, 11) is 4.01. The number of rotatable bonds is 3. The van der Waals surface area contributed by atoms with Gasteiger partial charge in [-0.1, -0.05) is 0 Å². The second-order valence-corrected chi connectivity index (χ2v) is 4.74. The van der Waals surface area contributed by atoms with Gasteiger partial charge < -0.3 is 15.5 Å². The predicted molar refractivity (Wildman–Crippen MR) is 70.5 cm³/mol. The highest BCUT2D eigenvalue weighted by Crippen LogP contribution is 2.22. The van der Waals surface area contributed by atoms with Crippen molar-refractivity contribution in [1.29, 1.82) is 0 Å². The maximum Gasteiger partial charge on any atom is 0.230 e. The minimum absolute atomic E-state index is 0.115. The van der Waals surface area contributed by atoms with E-state index in [4.69, 9.17) is 0 Å². The van der Waals surface area contributed by atoms with E-state index >= 15 is 0 Å². The van der Waals surface area contributed by atoms with Crippen molar-refractivity contribution < 1.29 is 4.79 Å². The summed E-state index contributed by atoms with van der Waals surface area (Å²) in [6, 6.07) is 6.06. The van der Waals surface area contributed by atoms with Crippen LogP contribution in [-0.4, -0.2) is 33.1 Å². The number of benzene rings is 1. The van der Waals surface area contributed by atoms with Crippen molar-refractivity contribution in [1.82, 2.24) is 5.32 Å². The number of carbonyl (C=O) groups excluding carboxylic acids is 1. The lowest BCUT2D eigenvalue weighted by molar-refractivity contribution is -0.121. The molecular formula is C13H19N3O. The highest BCUT2D eigenvalue weighted by molar-refractivity contribution is 5.94. The van der Waals surface area contributed by atoms with Gasteiger partial charge in [-0.3, -0.25) is 4.79 Å². The number of carbonyl (C=O) groups is 1. The lowest BCUT2D eigenvalue weighted by atomic mass is 10.0. The van der Waals surface area contributed by atoms with Gasteiger partial charge in [0.1, 0.15) is 0 Å². The fourth-order valence-corrected chi connectivity index (χ4v) is 1.78. The SMILES string of the molecule is Cc1cc(N(C)C)ccc1NC(=O)C1CNC1. The lowest BCUT2D eigenvalue weighted by Gasteiger charge is -2.26. The molecule has 2 rings (SSSR count). The first-order valence-corrected chi connectivity index (χ1v) is 5.87. The zero-order valence-electron chi connectivity index (χ0n) is 10.6. The molecule has 2 N–H and O–H groups in total. The van der Waals surface area contributed by atoms with Crippen LogP contribution in [0.25, 0.3) is 0 Å². The summed E-state index contributed by atoms with van der Waals surface area (Å²) in [4.78, 5) is 13.9. The summed E-state index contributed by atoms with van der Waals surface area (Å²) < 4.78 is 0. The molecule has 0 atom stereocenters. The summed E-state index contributed by atoms with van der Waals surface area (Å²) in [6.07, 6.45) is 0. The molecule has 1 aliphatic rings. The van der Waals surface area contributed by atoms with Gasteiger partial charge in [0.25, 0.3) is 0 Å². The monoisotopic (exact) mass is 233 g/mol. The number of anilines is 2. The molecule has 4 nitrogen and oxygen atoms in total. The van der Waals surface area contributed by atoms with Gasteiger partial charge in [-0.15, -0.1) is 0 Å². The molecule has 0 radical (unpaired) electrons. The van der Waals surface area contributed by atoms with Gasteiger partial charge in [0.2, 0.25) is 5.91 Å². The molecule has 0 aromatic heterocycles. The number of nitrogens with one attached hydrogen (secondary N) is 2. The Morgan fingerprint density at radius 1 is 1.41 bits per heavy atom. The molecule has 1 aliphatic heterocycles. The third-order valence-corrected chi connectivity index (χ3v) is 3.14. The van der Waals surface area contributed by atoms with Crippen molar-refractivity contribution in [3.8, 4) is 0 Å². The van der Waals surface area contributed by atoms with Crippen LogP contribution in [0, 0.1) is 12.8 Å². The van der Waals surface area contributed by atoms with Crippen LogP contribution in [0.2, 0.25) is 0 Å². The van der Waals surface area contributed by atoms with E-state index in [2.05, 4.69) is 21.6 Å². The summed E-state index contributed by atoms with van der Waals surface area (Å²) in [5.74, 6) is 0.243. The molecule has 1 aromatic carbocycles. The Labute approximate surface area is 102 Å². The molecule has 0 spiro atoms. The highest BCUT2D eigenvalue weighted by Gasteiger charge is 2.24. The van der Waals surface area contributed by atoms with Crippen molar-refractivity contribution >= 4 is 17.3 Å². The van der Waals surface area contributed by atoms with Crippen molar-refractivity contribution in [3.63, 3.8) is 0 Å². The Balaban J connectivity index is 2.08. The minimum Gasteiger partial charge on any atom is -0.378 e. The molecule has 1 aromatic rings. The van der Waals surface area contributed by atoms with Crippen LogP contribution in [0.4, 0.5) is 11.4 Å². The van der Waals surface area contributed by atoms with Gasteiger partial charge in [-0.2, -0.15) is 0 Å². The predicted octanol–water partition coefficient (Wildman–Crippen LogP) is 1.22. The molecule has 1 amide bonds. The Morgan fingerprint density at radius 2 is 2.12 bits per heavy atom. The topological polar surface area (TPSA) is 44.4 Å². The number of amides is 1. The van der Waals surface area contributed by atoms with Crippen molar-refractivity contribution in [2.24, 2.45) is 5.92 Å².